The second kappa shape index (κ2) is 8.47. The van der Waals surface area contributed by atoms with Gasteiger partial charge in [0.1, 0.15) is 5.82 Å². The Morgan fingerprint density at radius 2 is 1.97 bits per heavy atom. The minimum absolute atomic E-state index is 0.260. The van der Waals surface area contributed by atoms with E-state index in [2.05, 4.69) is 20.4 Å². The summed E-state index contributed by atoms with van der Waals surface area (Å²) >= 11 is 0. The minimum Gasteiger partial charge on any atom is -0.493 e. The zero-order chi connectivity index (χ0) is 22.0. The summed E-state index contributed by atoms with van der Waals surface area (Å²) in [6.45, 7) is 1.73. The molecule has 31 heavy (non-hydrogen) atoms. The standard InChI is InChI=1S/C22H23N5O4/c1-13-10-21(29)25-22(23-13)27-19(12-16(26-27)15-6-7-15)24-20(28)9-5-14-4-8-17(30-2)18(11-14)31-3/h4-5,8-12,15H,6-7H2,1-3H3,(H,24,28)(H,23,25,29). The van der Waals surface area contributed by atoms with Crippen molar-refractivity contribution in [3.05, 3.63) is 63.7 Å². The molecule has 2 N–H and O–H groups in total. The number of H-pyrrole nitrogens is 1. The fourth-order valence-corrected chi connectivity index (χ4v) is 3.19. The van der Waals surface area contributed by atoms with E-state index in [0.29, 0.717) is 28.9 Å². The molecule has 160 valence electrons. The van der Waals surface area contributed by atoms with E-state index in [1.807, 2.05) is 12.1 Å². The molecule has 0 saturated heterocycles. The Hall–Kier alpha value is -3.88. The third-order valence-corrected chi connectivity index (χ3v) is 4.87. The molecule has 3 aromatic rings. The van der Waals surface area contributed by atoms with Crippen molar-refractivity contribution in [2.24, 2.45) is 0 Å². The summed E-state index contributed by atoms with van der Waals surface area (Å²) in [5.74, 6) is 1.92. The van der Waals surface area contributed by atoms with Gasteiger partial charge in [0.25, 0.3) is 5.56 Å². The van der Waals surface area contributed by atoms with E-state index < -0.39 is 0 Å². The number of nitrogens with zero attached hydrogens (tertiary/aromatic N) is 3. The normalized spacial score (nSPS) is 13.4. The summed E-state index contributed by atoms with van der Waals surface area (Å²) in [7, 11) is 3.12. The number of rotatable bonds is 7. The second-order valence-electron chi connectivity index (χ2n) is 7.29. The van der Waals surface area contributed by atoms with Gasteiger partial charge in [-0.1, -0.05) is 6.07 Å². The lowest BCUT2D eigenvalue weighted by Gasteiger charge is -2.08. The van der Waals surface area contributed by atoms with Crippen LogP contribution in [0.2, 0.25) is 0 Å². The Morgan fingerprint density at radius 1 is 1.19 bits per heavy atom. The van der Waals surface area contributed by atoms with Crippen LogP contribution in [-0.4, -0.2) is 39.9 Å². The molecule has 9 heteroatoms. The molecular weight excluding hydrogens is 398 g/mol. The Bertz CT molecular complexity index is 1210. The predicted molar refractivity (Wildman–Crippen MR) is 116 cm³/mol. The van der Waals surface area contributed by atoms with Crippen molar-refractivity contribution >= 4 is 17.8 Å². The van der Waals surface area contributed by atoms with Gasteiger partial charge in [-0.05, 0) is 43.5 Å². The average molecular weight is 421 g/mol. The number of aryl methyl sites for hydroxylation is 1. The molecule has 0 spiro atoms. The SMILES string of the molecule is COc1ccc(C=CC(=O)Nc2cc(C3CC3)nn2-c2nc(C)cc(=O)[nH]2)cc1OC. The van der Waals surface area contributed by atoms with Crippen molar-refractivity contribution in [2.45, 2.75) is 25.7 Å². The largest absolute Gasteiger partial charge is 0.493 e. The maximum atomic E-state index is 12.6. The summed E-state index contributed by atoms with van der Waals surface area (Å²) in [6, 6.07) is 8.59. The first-order chi connectivity index (χ1) is 15.0. The third kappa shape index (κ3) is 4.66. The van der Waals surface area contributed by atoms with Crippen LogP contribution in [0.3, 0.4) is 0 Å². The van der Waals surface area contributed by atoms with Crippen LogP contribution in [0, 0.1) is 6.92 Å². The molecule has 1 aromatic carbocycles. The number of ether oxygens (including phenoxy) is 2. The van der Waals surface area contributed by atoms with Crippen LogP contribution in [0.5, 0.6) is 11.5 Å². The smallest absolute Gasteiger partial charge is 0.252 e. The minimum atomic E-state index is -0.340. The lowest BCUT2D eigenvalue weighted by atomic mass is 10.2. The number of nitrogens with one attached hydrogen (secondary N) is 2. The topological polar surface area (TPSA) is 111 Å². The highest BCUT2D eigenvalue weighted by Crippen LogP contribution is 2.40. The number of methoxy groups -OCH3 is 2. The van der Waals surface area contributed by atoms with E-state index in [9.17, 15) is 9.59 Å². The van der Waals surface area contributed by atoms with Crippen molar-refractivity contribution in [1.82, 2.24) is 19.7 Å². The summed E-state index contributed by atoms with van der Waals surface area (Å²) in [6.07, 6.45) is 5.21. The Labute approximate surface area is 178 Å². The highest BCUT2D eigenvalue weighted by Gasteiger charge is 2.28. The van der Waals surface area contributed by atoms with Crippen molar-refractivity contribution in [3.8, 4) is 17.4 Å². The number of anilines is 1. The van der Waals surface area contributed by atoms with Crippen molar-refractivity contribution in [2.75, 3.05) is 19.5 Å². The van der Waals surface area contributed by atoms with Gasteiger partial charge in [-0.15, -0.1) is 0 Å². The molecule has 1 saturated carbocycles. The highest BCUT2D eigenvalue weighted by atomic mass is 16.5. The van der Waals surface area contributed by atoms with Gasteiger partial charge in [0.05, 0.1) is 19.9 Å². The van der Waals surface area contributed by atoms with Gasteiger partial charge < -0.3 is 14.8 Å². The molecule has 0 unspecified atom stereocenters. The molecule has 0 aliphatic heterocycles. The monoisotopic (exact) mass is 421 g/mol. The molecule has 1 aliphatic rings. The number of hydrogen-bond donors (Lipinski definition) is 2. The van der Waals surface area contributed by atoms with Crippen LogP contribution in [0.4, 0.5) is 5.82 Å². The van der Waals surface area contributed by atoms with Crippen LogP contribution in [0.1, 0.15) is 35.7 Å². The Kier molecular flexibility index (Phi) is 5.57. The lowest BCUT2D eigenvalue weighted by Crippen LogP contribution is -2.17. The molecule has 4 rings (SSSR count). The molecule has 1 amide bonds. The fraction of sp³-hybridized carbons (Fsp3) is 0.273. The summed E-state index contributed by atoms with van der Waals surface area (Å²) < 4.78 is 12.0. The van der Waals surface area contributed by atoms with Gasteiger partial charge in [-0.3, -0.25) is 14.6 Å². The van der Waals surface area contributed by atoms with Crippen molar-refractivity contribution in [3.63, 3.8) is 0 Å². The molecule has 9 nitrogen and oxygen atoms in total. The zero-order valence-corrected chi connectivity index (χ0v) is 17.5. The molecule has 0 atom stereocenters. The van der Waals surface area contributed by atoms with Crippen molar-refractivity contribution in [1.29, 1.82) is 0 Å². The third-order valence-electron chi connectivity index (χ3n) is 4.87. The molecule has 0 bridgehead atoms. The quantitative estimate of drug-likeness (QED) is 0.568. The van der Waals surface area contributed by atoms with Gasteiger partial charge in [0, 0.05) is 29.8 Å². The molecular formula is C22H23N5O4. The van der Waals surface area contributed by atoms with Gasteiger partial charge in [-0.25, -0.2) is 4.98 Å². The highest BCUT2D eigenvalue weighted by molar-refractivity contribution is 6.01. The molecule has 1 fully saturated rings. The Morgan fingerprint density at radius 3 is 2.65 bits per heavy atom. The van der Waals surface area contributed by atoms with Crippen LogP contribution in [-0.2, 0) is 4.79 Å². The zero-order valence-electron chi connectivity index (χ0n) is 17.5. The van der Waals surface area contributed by atoms with Crippen LogP contribution >= 0.6 is 0 Å². The predicted octanol–water partition coefficient (Wildman–Crippen LogP) is 2.81. The maximum absolute atomic E-state index is 12.6. The molecule has 1 aliphatic carbocycles. The number of benzene rings is 1. The lowest BCUT2D eigenvalue weighted by molar-refractivity contribution is -0.111. The number of aromatic amines is 1. The van der Waals surface area contributed by atoms with Crippen LogP contribution in [0.25, 0.3) is 12.0 Å². The van der Waals surface area contributed by atoms with E-state index in [0.717, 1.165) is 24.1 Å². The summed E-state index contributed by atoms with van der Waals surface area (Å²) in [5, 5.41) is 7.38. The van der Waals surface area contributed by atoms with Gasteiger partial charge in [0.15, 0.2) is 11.5 Å². The van der Waals surface area contributed by atoms with E-state index >= 15 is 0 Å². The number of carbonyl (C=O) groups is 1. The first kappa shape index (κ1) is 20.4. The van der Waals surface area contributed by atoms with E-state index in [1.165, 1.54) is 16.8 Å². The number of carbonyl (C=O) groups excluding carboxylic acids is 1. The Balaban J connectivity index is 1.58. The first-order valence-corrected chi connectivity index (χ1v) is 9.86. The van der Waals surface area contributed by atoms with Gasteiger partial charge in [-0.2, -0.15) is 9.78 Å². The second-order valence-corrected chi connectivity index (χ2v) is 7.29. The van der Waals surface area contributed by atoms with Crippen molar-refractivity contribution < 1.29 is 14.3 Å². The average Bonchev–Trinajstić information content (AvgIpc) is 3.52. The maximum Gasteiger partial charge on any atom is 0.252 e. The fourth-order valence-electron chi connectivity index (χ4n) is 3.19. The first-order valence-electron chi connectivity index (χ1n) is 9.86. The molecule has 2 heterocycles. The van der Waals surface area contributed by atoms with Crippen LogP contribution < -0.4 is 20.3 Å². The molecule has 0 radical (unpaired) electrons. The van der Waals surface area contributed by atoms with Crippen LogP contribution in [0.15, 0.2) is 41.2 Å². The van der Waals surface area contributed by atoms with Gasteiger partial charge >= 0.3 is 0 Å². The van der Waals surface area contributed by atoms with Gasteiger partial charge in [0.2, 0.25) is 11.9 Å². The number of aromatic nitrogens is 4. The van der Waals surface area contributed by atoms with E-state index in [-0.39, 0.29) is 17.4 Å². The molecule has 2 aromatic heterocycles. The number of amides is 1. The number of hydrogen-bond acceptors (Lipinski definition) is 6. The van der Waals surface area contributed by atoms with E-state index in [4.69, 9.17) is 9.47 Å². The summed E-state index contributed by atoms with van der Waals surface area (Å²) in [4.78, 5) is 31.5. The summed E-state index contributed by atoms with van der Waals surface area (Å²) in [5.41, 5.74) is 1.93. The van der Waals surface area contributed by atoms with E-state index in [1.54, 1.807) is 39.4 Å².